The van der Waals surface area contributed by atoms with Gasteiger partial charge in [-0.3, -0.25) is 0 Å². The molecule has 1 fully saturated rings. The summed E-state index contributed by atoms with van der Waals surface area (Å²) in [6.45, 7) is 10.9. The fraction of sp³-hybridized carbons (Fsp3) is 0.438. The van der Waals surface area contributed by atoms with Crippen LogP contribution < -0.4 is 10.1 Å². The third-order valence-electron chi connectivity index (χ3n) is 4.60. The predicted molar refractivity (Wildman–Crippen MR) is 84.8 cm³/mol. The average Bonchev–Trinajstić information content (AvgIpc) is 2.41. The van der Waals surface area contributed by atoms with Crippen LogP contribution in [0.2, 0.25) is 0 Å². The summed E-state index contributed by atoms with van der Waals surface area (Å²) < 4.78 is 6.42. The van der Waals surface area contributed by atoms with Gasteiger partial charge in [0, 0.05) is 18.0 Å². The van der Waals surface area contributed by atoms with Gasteiger partial charge in [0.05, 0.1) is 6.04 Å². The Bertz CT molecular complexity index is 586. The lowest BCUT2D eigenvalue weighted by molar-refractivity contribution is -0.106. The summed E-state index contributed by atoms with van der Waals surface area (Å²) >= 11 is 5.52. The first kappa shape index (κ1) is 13.4. The summed E-state index contributed by atoms with van der Waals surface area (Å²) in [5, 5.41) is 4.21. The van der Waals surface area contributed by atoms with E-state index in [9.17, 15) is 0 Å². The largest absolute Gasteiger partial charge is 0.467 e. The molecule has 0 saturated carbocycles. The summed E-state index contributed by atoms with van der Waals surface area (Å²) in [5.41, 5.74) is 1.94. The van der Waals surface area contributed by atoms with Gasteiger partial charge in [0.2, 0.25) is 0 Å². The molecule has 0 aliphatic carbocycles. The van der Waals surface area contributed by atoms with E-state index in [0.717, 1.165) is 10.9 Å². The maximum atomic E-state index is 6.42. The van der Waals surface area contributed by atoms with Crippen LogP contribution in [0.25, 0.3) is 0 Å². The zero-order valence-corrected chi connectivity index (χ0v) is 13.0. The Balaban J connectivity index is 2.15. The highest BCUT2D eigenvalue weighted by atomic mass is 32.1. The van der Waals surface area contributed by atoms with Crippen molar-refractivity contribution in [2.24, 2.45) is 5.92 Å². The number of benzene rings is 1. The molecule has 2 bridgehead atoms. The second-order valence-corrected chi connectivity index (χ2v) is 6.15. The number of rotatable bonds is 2. The van der Waals surface area contributed by atoms with Gasteiger partial charge in [0.25, 0.3) is 0 Å². The minimum Gasteiger partial charge on any atom is -0.467 e. The molecule has 0 radical (unpaired) electrons. The Kier molecular flexibility index (Phi) is 3.01. The second kappa shape index (κ2) is 4.48. The minimum absolute atomic E-state index is 0.206. The van der Waals surface area contributed by atoms with Gasteiger partial charge >= 0.3 is 0 Å². The highest BCUT2D eigenvalue weighted by molar-refractivity contribution is 7.80. The molecule has 106 valence electrons. The number of hydrogen-bond acceptors (Lipinski definition) is 2. The third-order valence-corrected chi connectivity index (χ3v) is 4.94. The Morgan fingerprint density at radius 2 is 2.30 bits per heavy atom. The van der Waals surface area contributed by atoms with E-state index in [0.29, 0.717) is 12.5 Å². The van der Waals surface area contributed by atoms with Crippen LogP contribution in [0.4, 0.5) is 0 Å². The summed E-state index contributed by atoms with van der Waals surface area (Å²) in [6, 6.07) is 6.50. The molecule has 2 aliphatic heterocycles. The van der Waals surface area contributed by atoms with Crippen LogP contribution in [0.3, 0.4) is 0 Å². The van der Waals surface area contributed by atoms with Gasteiger partial charge in [0.1, 0.15) is 5.75 Å². The van der Waals surface area contributed by atoms with E-state index in [1.54, 1.807) is 0 Å². The number of aryl methyl sites for hydroxylation is 1. The molecule has 1 saturated heterocycles. The topological polar surface area (TPSA) is 24.5 Å². The molecule has 3 rings (SSSR count). The molecule has 1 aromatic rings. The van der Waals surface area contributed by atoms with E-state index >= 15 is 0 Å². The molecule has 2 heterocycles. The lowest BCUT2D eigenvalue weighted by atomic mass is 9.80. The average molecular weight is 288 g/mol. The van der Waals surface area contributed by atoms with Gasteiger partial charge in [0.15, 0.2) is 10.8 Å². The van der Waals surface area contributed by atoms with Gasteiger partial charge in [-0.25, -0.2) is 0 Å². The molecule has 3 unspecified atom stereocenters. The van der Waals surface area contributed by atoms with Crippen LogP contribution >= 0.6 is 12.2 Å². The van der Waals surface area contributed by atoms with Gasteiger partial charge in [-0.2, -0.15) is 0 Å². The van der Waals surface area contributed by atoms with E-state index in [-0.39, 0.29) is 6.04 Å². The van der Waals surface area contributed by atoms with E-state index in [1.165, 1.54) is 11.1 Å². The monoisotopic (exact) mass is 288 g/mol. The number of fused-ring (bicyclic) bond motifs is 4. The van der Waals surface area contributed by atoms with Crippen molar-refractivity contribution < 1.29 is 4.74 Å². The van der Waals surface area contributed by atoms with Crippen molar-refractivity contribution in [1.29, 1.82) is 0 Å². The van der Waals surface area contributed by atoms with E-state index < -0.39 is 5.72 Å². The standard InChI is InChI=1S/C16H20N2OS/c1-5-9-18-15(20)17-13-11(3)16(18,4)19-14-10(2)7-6-8-12(13)14/h5-8,11,13H,1,9H2,2-4H3,(H,17,20). The zero-order chi connectivity index (χ0) is 14.5. The summed E-state index contributed by atoms with van der Waals surface area (Å²) in [6.07, 6.45) is 1.86. The molecular formula is C16H20N2OS. The number of thiocarbonyl (C=S) groups is 1. The van der Waals surface area contributed by atoms with Crippen molar-refractivity contribution in [3.8, 4) is 5.75 Å². The molecule has 4 heteroatoms. The highest BCUT2D eigenvalue weighted by Crippen LogP contribution is 2.48. The van der Waals surface area contributed by atoms with Crippen LogP contribution in [0.1, 0.15) is 31.0 Å². The van der Waals surface area contributed by atoms with Crippen LogP contribution in [0, 0.1) is 12.8 Å². The lowest BCUT2D eigenvalue weighted by Gasteiger charge is -2.56. The SMILES string of the molecule is C=CCN1C(=S)NC2c3cccc(C)c3OC1(C)C2C. The van der Waals surface area contributed by atoms with Crippen molar-refractivity contribution in [1.82, 2.24) is 10.2 Å². The van der Waals surface area contributed by atoms with Gasteiger partial charge < -0.3 is 15.0 Å². The van der Waals surface area contributed by atoms with Gasteiger partial charge in [-0.15, -0.1) is 6.58 Å². The van der Waals surface area contributed by atoms with Gasteiger partial charge in [-0.05, 0) is 31.6 Å². The molecule has 0 amide bonds. The first-order chi connectivity index (χ1) is 9.49. The van der Waals surface area contributed by atoms with Crippen LogP contribution in [-0.2, 0) is 0 Å². The maximum Gasteiger partial charge on any atom is 0.187 e. The number of para-hydroxylation sites is 1. The van der Waals surface area contributed by atoms with Crippen molar-refractivity contribution in [3.05, 3.63) is 42.0 Å². The second-order valence-electron chi connectivity index (χ2n) is 5.77. The first-order valence-electron chi connectivity index (χ1n) is 6.96. The van der Waals surface area contributed by atoms with Crippen LogP contribution in [0.15, 0.2) is 30.9 Å². The minimum atomic E-state index is -0.430. The molecule has 1 aromatic carbocycles. The maximum absolute atomic E-state index is 6.42. The molecule has 3 nitrogen and oxygen atoms in total. The normalized spacial score (nSPS) is 31.1. The highest BCUT2D eigenvalue weighted by Gasteiger charge is 2.53. The number of ether oxygens (including phenoxy) is 1. The quantitative estimate of drug-likeness (QED) is 0.667. The van der Waals surface area contributed by atoms with Crippen LogP contribution in [0.5, 0.6) is 5.75 Å². The molecule has 2 aliphatic rings. The van der Waals surface area contributed by atoms with Gasteiger partial charge in [-0.1, -0.05) is 31.2 Å². The summed E-state index contributed by atoms with van der Waals surface area (Å²) in [4.78, 5) is 2.09. The van der Waals surface area contributed by atoms with Crippen molar-refractivity contribution >= 4 is 17.3 Å². The van der Waals surface area contributed by atoms with Crippen LogP contribution in [-0.4, -0.2) is 22.3 Å². The molecule has 0 aromatic heterocycles. The zero-order valence-electron chi connectivity index (χ0n) is 12.1. The Labute approximate surface area is 125 Å². The Morgan fingerprint density at radius 1 is 1.55 bits per heavy atom. The summed E-state index contributed by atoms with van der Waals surface area (Å²) in [7, 11) is 0. The fourth-order valence-corrected chi connectivity index (χ4v) is 3.63. The van der Waals surface area contributed by atoms with Crippen molar-refractivity contribution in [2.75, 3.05) is 6.54 Å². The smallest absolute Gasteiger partial charge is 0.187 e. The third kappa shape index (κ3) is 1.67. The first-order valence-corrected chi connectivity index (χ1v) is 7.37. The number of nitrogens with one attached hydrogen (secondary N) is 1. The molecule has 3 atom stereocenters. The Hall–Kier alpha value is -1.55. The molecule has 0 spiro atoms. The van der Waals surface area contributed by atoms with E-state index in [2.05, 4.69) is 55.8 Å². The number of nitrogens with zero attached hydrogens (tertiary/aromatic N) is 1. The van der Waals surface area contributed by atoms with Crippen molar-refractivity contribution in [2.45, 2.75) is 32.5 Å². The number of hydrogen-bond donors (Lipinski definition) is 1. The molecule has 20 heavy (non-hydrogen) atoms. The fourth-order valence-electron chi connectivity index (χ4n) is 3.25. The predicted octanol–water partition coefficient (Wildman–Crippen LogP) is 3.16. The molecular weight excluding hydrogens is 268 g/mol. The summed E-state index contributed by atoms with van der Waals surface area (Å²) in [5.74, 6) is 1.28. The van der Waals surface area contributed by atoms with E-state index in [1.807, 2.05) is 6.08 Å². The van der Waals surface area contributed by atoms with Crippen molar-refractivity contribution in [3.63, 3.8) is 0 Å². The lowest BCUT2D eigenvalue weighted by Crippen LogP contribution is -2.68. The van der Waals surface area contributed by atoms with E-state index in [4.69, 9.17) is 17.0 Å². The molecule has 1 N–H and O–H groups in total. The Morgan fingerprint density at radius 3 is 3.00 bits per heavy atom.